The Morgan fingerprint density at radius 2 is 1.97 bits per heavy atom. The maximum Gasteiger partial charge on any atom is 0.246 e. The normalized spacial score (nSPS) is 11.9. The summed E-state index contributed by atoms with van der Waals surface area (Å²) in [6, 6.07) is 4.55. The van der Waals surface area contributed by atoms with Gasteiger partial charge in [-0.3, -0.25) is 4.79 Å². The van der Waals surface area contributed by atoms with E-state index in [9.17, 15) is 13.2 Å². The molecule has 0 saturated heterocycles. The number of rotatable bonds is 9. The van der Waals surface area contributed by atoms with Gasteiger partial charge in [0.1, 0.15) is 10.6 Å². The van der Waals surface area contributed by atoms with Crippen LogP contribution in [0.15, 0.2) is 28.3 Å². The first kappa shape index (κ1) is 24.2. The Hall–Kier alpha value is -2.04. The minimum Gasteiger partial charge on any atom is -0.495 e. The Labute approximate surface area is 183 Å². The van der Waals surface area contributed by atoms with Crippen LogP contribution in [0.5, 0.6) is 5.75 Å². The van der Waals surface area contributed by atoms with Crippen molar-refractivity contribution in [2.45, 2.75) is 44.3 Å². The lowest BCUT2D eigenvalue weighted by Crippen LogP contribution is -2.23. The van der Waals surface area contributed by atoms with Crippen molar-refractivity contribution < 1.29 is 17.9 Å². The number of hydrogen-bond donors (Lipinski definition) is 1. The number of carbonyl (C=O) groups excluding carboxylic acids is 1. The number of aromatic nitrogens is 2. The lowest BCUT2D eigenvalue weighted by Gasteiger charge is -2.16. The van der Waals surface area contributed by atoms with E-state index in [1.54, 1.807) is 6.07 Å². The molecule has 0 unspecified atom stereocenters. The molecule has 0 spiro atoms. The Morgan fingerprint density at radius 3 is 2.53 bits per heavy atom. The summed E-state index contributed by atoms with van der Waals surface area (Å²) in [6.07, 6.45) is 0. The second kappa shape index (κ2) is 9.84. The highest BCUT2D eigenvalue weighted by Crippen LogP contribution is 2.29. The average Bonchev–Trinajstić information content (AvgIpc) is 2.93. The zero-order chi connectivity index (χ0) is 22.6. The number of benzene rings is 1. The number of anilines is 1. The largest absolute Gasteiger partial charge is 0.495 e. The lowest BCUT2D eigenvalue weighted by molar-refractivity contribution is -0.113. The molecule has 30 heavy (non-hydrogen) atoms. The number of hydrogen-bond acceptors (Lipinski definition) is 6. The third-order valence-corrected chi connectivity index (χ3v) is 7.32. The van der Waals surface area contributed by atoms with Crippen LogP contribution in [0.25, 0.3) is 0 Å². The fourth-order valence-corrected chi connectivity index (χ4v) is 4.77. The lowest BCUT2D eigenvalue weighted by atomic mass is 10.2. The van der Waals surface area contributed by atoms with Crippen LogP contribution in [-0.4, -0.2) is 55.1 Å². The van der Waals surface area contributed by atoms with Crippen LogP contribution in [0.4, 0.5) is 5.69 Å². The number of sulfonamides is 1. The highest BCUT2D eigenvalue weighted by Gasteiger charge is 2.23. The Morgan fingerprint density at radius 1 is 1.30 bits per heavy atom. The van der Waals surface area contributed by atoms with E-state index in [2.05, 4.69) is 28.7 Å². The molecule has 166 valence electrons. The van der Waals surface area contributed by atoms with Crippen LogP contribution < -0.4 is 10.1 Å². The number of amides is 1. The molecule has 1 N–H and O–H groups in total. The van der Waals surface area contributed by atoms with Gasteiger partial charge < -0.3 is 14.6 Å². The molecule has 0 atom stereocenters. The van der Waals surface area contributed by atoms with Crippen molar-refractivity contribution in [3.63, 3.8) is 0 Å². The molecule has 0 fully saturated rings. The van der Waals surface area contributed by atoms with Crippen molar-refractivity contribution >= 4 is 33.4 Å². The second-order valence-corrected chi connectivity index (χ2v) is 10.6. The van der Waals surface area contributed by atoms with Gasteiger partial charge >= 0.3 is 0 Å². The van der Waals surface area contributed by atoms with Gasteiger partial charge in [0, 0.05) is 32.0 Å². The highest BCUT2D eigenvalue weighted by molar-refractivity contribution is 7.99. The van der Waals surface area contributed by atoms with Gasteiger partial charge in [0.05, 0.1) is 18.6 Å². The van der Waals surface area contributed by atoms with Crippen molar-refractivity contribution in [1.29, 1.82) is 0 Å². The summed E-state index contributed by atoms with van der Waals surface area (Å²) in [7, 11) is 0.580. The summed E-state index contributed by atoms with van der Waals surface area (Å²) in [5.74, 6) is 0.600. The van der Waals surface area contributed by atoms with Crippen LogP contribution in [0, 0.1) is 19.8 Å². The van der Waals surface area contributed by atoms with Crippen LogP contribution in [0.2, 0.25) is 0 Å². The summed E-state index contributed by atoms with van der Waals surface area (Å²) in [5.41, 5.74) is 2.44. The van der Waals surface area contributed by atoms with Gasteiger partial charge in [-0.1, -0.05) is 25.6 Å². The fourth-order valence-electron chi connectivity index (χ4n) is 2.79. The van der Waals surface area contributed by atoms with Gasteiger partial charge in [-0.05, 0) is 38.0 Å². The number of carbonyl (C=O) groups is 1. The molecule has 0 aliphatic heterocycles. The molecule has 1 amide bonds. The molecule has 1 aromatic carbocycles. The maximum atomic E-state index is 12.5. The fraction of sp³-hybridized carbons (Fsp3) is 0.500. The van der Waals surface area contributed by atoms with Crippen molar-refractivity contribution in [3.8, 4) is 5.75 Å². The van der Waals surface area contributed by atoms with E-state index in [-0.39, 0.29) is 22.3 Å². The van der Waals surface area contributed by atoms with Crippen LogP contribution >= 0.6 is 11.8 Å². The third-order valence-electron chi connectivity index (χ3n) is 4.51. The van der Waals surface area contributed by atoms with Gasteiger partial charge in [-0.15, -0.1) is 0 Å². The van der Waals surface area contributed by atoms with E-state index >= 15 is 0 Å². The smallest absolute Gasteiger partial charge is 0.246 e. The van der Waals surface area contributed by atoms with E-state index < -0.39 is 10.0 Å². The molecule has 0 aliphatic rings. The predicted molar refractivity (Wildman–Crippen MR) is 120 cm³/mol. The standard InChI is InChI=1S/C20H30N4O4S2/c1-13(2)11-24-15(4)14(3)21-20(24)29-12-19(25)22-16-8-9-17(28-7)18(10-16)30(26,27)23(5)6/h8-10,13H,11-12H2,1-7H3,(H,22,25). The van der Waals surface area contributed by atoms with Gasteiger partial charge in [-0.25, -0.2) is 17.7 Å². The minimum atomic E-state index is -3.71. The first-order valence-electron chi connectivity index (χ1n) is 9.54. The summed E-state index contributed by atoms with van der Waals surface area (Å²) >= 11 is 1.36. The van der Waals surface area contributed by atoms with Crippen LogP contribution in [0.1, 0.15) is 25.2 Å². The van der Waals surface area contributed by atoms with Crippen molar-refractivity contribution in [3.05, 3.63) is 29.6 Å². The summed E-state index contributed by atoms with van der Waals surface area (Å²) < 4.78 is 33.5. The number of nitrogens with zero attached hydrogens (tertiary/aromatic N) is 3. The number of thioether (sulfide) groups is 1. The monoisotopic (exact) mass is 454 g/mol. The Balaban J connectivity index is 2.16. The third kappa shape index (κ3) is 5.55. The summed E-state index contributed by atoms with van der Waals surface area (Å²) in [5, 5.41) is 3.57. The molecule has 2 rings (SSSR count). The number of aryl methyl sites for hydroxylation is 1. The molecule has 0 bridgehead atoms. The number of imidazole rings is 1. The van der Waals surface area contributed by atoms with Gasteiger partial charge in [-0.2, -0.15) is 0 Å². The van der Waals surface area contributed by atoms with Gasteiger partial charge in [0.25, 0.3) is 0 Å². The molecule has 0 aliphatic carbocycles. The van der Waals surface area contributed by atoms with E-state index in [1.807, 2.05) is 13.8 Å². The van der Waals surface area contributed by atoms with Crippen LogP contribution in [-0.2, 0) is 21.4 Å². The molecule has 0 radical (unpaired) electrons. The van der Waals surface area contributed by atoms with E-state index in [4.69, 9.17) is 4.74 Å². The Bertz CT molecular complexity index is 1010. The summed E-state index contributed by atoms with van der Waals surface area (Å²) in [4.78, 5) is 17.1. The predicted octanol–water partition coefficient (Wildman–Crippen LogP) is 3.15. The number of methoxy groups -OCH3 is 1. The maximum absolute atomic E-state index is 12.5. The zero-order valence-electron chi connectivity index (χ0n) is 18.5. The molecule has 1 aromatic heterocycles. The molecular formula is C20H30N4O4S2. The van der Waals surface area contributed by atoms with Crippen LogP contribution in [0.3, 0.4) is 0 Å². The van der Waals surface area contributed by atoms with Crippen molar-refractivity contribution in [2.75, 3.05) is 32.3 Å². The van der Waals surface area contributed by atoms with Crippen molar-refractivity contribution in [1.82, 2.24) is 13.9 Å². The topological polar surface area (TPSA) is 93.5 Å². The number of nitrogens with one attached hydrogen (secondary N) is 1. The minimum absolute atomic E-state index is 0.000760. The van der Waals surface area contributed by atoms with Gasteiger partial charge in [0.15, 0.2) is 5.16 Å². The molecular weight excluding hydrogens is 424 g/mol. The Kier molecular flexibility index (Phi) is 7.95. The first-order valence-corrected chi connectivity index (χ1v) is 12.0. The SMILES string of the molecule is COc1ccc(NC(=O)CSc2nc(C)c(C)n2CC(C)C)cc1S(=O)(=O)N(C)C. The second-order valence-electron chi connectivity index (χ2n) is 7.56. The molecule has 1 heterocycles. The van der Waals surface area contributed by atoms with Crippen molar-refractivity contribution in [2.24, 2.45) is 5.92 Å². The average molecular weight is 455 g/mol. The quantitative estimate of drug-likeness (QED) is 0.585. The van der Waals surface area contributed by atoms with E-state index in [0.29, 0.717) is 11.6 Å². The number of ether oxygens (including phenoxy) is 1. The van der Waals surface area contributed by atoms with E-state index in [1.165, 1.54) is 45.1 Å². The highest BCUT2D eigenvalue weighted by atomic mass is 32.2. The van der Waals surface area contributed by atoms with Gasteiger partial charge in [0.2, 0.25) is 15.9 Å². The zero-order valence-corrected chi connectivity index (χ0v) is 20.1. The first-order chi connectivity index (χ1) is 14.0. The summed E-state index contributed by atoms with van der Waals surface area (Å²) in [6.45, 7) is 9.10. The molecule has 8 nitrogen and oxygen atoms in total. The molecule has 10 heteroatoms. The molecule has 0 saturated carbocycles. The van der Waals surface area contributed by atoms with E-state index in [0.717, 1.165) is 27.4 Å². The molecule has 2 aromatic rings.